The standard InChI is InChI=1S/C8H10OS/c1-6-4-7-2-3-10-5-8(7)9-6/h4H,2-3,5H2,1H3. The first-order valence-electron chi connectivity index (χ1n) is 3.52. The molecule has 0 radical (unpaired) electrons. The van der Waals surface area contributed by atoms with Gasteiger partial charge in [0, 0.05) is 0 Å². The molecule has 1 aromatic heterocycles. The van der Waals surface area contributed by atoms with Crippen LogP contribution in [0.25, 0.3) is 0 Å². The van der Waals surface area contributed by atoms with Gasteiger partial charge in [-0.05, 0) is 30.7 Å². The van der Waals surface area contributed by atoms with E-state index in [2.05, 4.69) is 6.07 Å². The zero-order valence-electron chi connectivity index (χ0n) is 6.02. The van der Waals surface area contributed by atoms with Gasteiger partial charge in [-0.15, -0.1) is 0 Å². The Morgan fingerprint density at radius 3 is 3.30 bits per heavy atom. The lowest BCUT2D eigenvalue weighted by molar-refractivity contribution is 0.497. The monoisotopic (exact) mass is 154 g/mol. The lowest BCUT2D eigenvalue weighted by atomic mass is 10.2. The number of fused-ring (bicyclic) bond motifs is 1. The average molecular weight is 154 g/mol. The summed E-state index contributed by atoms with van der Waals surface area (Å²) in [6.07, 6.45) is 1.19. The van der Waals surface area contributed by atoms with Gasteiger partial charge in [-0.1, -0.05) is 0 Å². The summed E-state index contributed by atoms with van der Waals surface area (Å²) in [5.41, 5.74) is 1.43. The second-order valence-electron chi connectivity index (χ2n) is 2.61. The molecule has 0 aromatic carbocycles. The van der Waals surface area contributed by atoms with Gasteiger partial charge in [0.2, 0.25) is 0 Å². The van der Waals surface area contributed by atoms with E-state index in [9.17, 15) is 0 Å². The molecule has 0 fully saturated rings. The molecule has 0 unspecified atom stereocenters. The van der Waals surface area contributed by atoms with Gasteiger partial charge in [-0.2, -0.15) is 11.8 Å². The molecule has 1 aliphatic heterocycles. The Kier molecular flexibility index (Phi) is 1.49. The Morgan fingerprint density at radius 2 is 2.50 bits per heavy atom. The molecule has 0 saturated carbocycles. The molecule has 2 heterocycles. The Labute approximate surface area is 64.8 Å². The molecule has 10 heavy (non-hydrogen) atoms. The number of thioether (sulfide) groups is 1. The Bertz CT molecular complexity index is 216. The lowest BCUT2D eigenvalue weighted by Crippen LogP contribution is -1.97. The largest absolute Gasteiger partial charge is 0.465 e. The number of rotatable bonds is 0. The first-order valence-corrected chi connectivity index (χ1v) is 4.67. The molecule has 0 spiro atoms. The summed E-state index contributed by atoms with van der Waals surface area (Å²) < 4.78 is 5.49. The molecule has 2 rings (SSSR count). The molecular formula is C8H10OS. The van der Waals surface area contributed by atoms with E-state index in [1.54, 1.807) is 0 Å². The van der Waals surface area contributed by atoms with Gasteiger partial charge in [0.15, 0.2) is 0 Å². The van der Waals surface area contributed by atoms with E-state index in [4.69, 9.17) is 4.42 Å². The SMILES string of the molecule is Cc1cc2c(o1)CSCC2. The van der Waals surface area contributed by atoms with Crippen LogP contribution in [0.5, 0.6) is 0 Å². The summed E-state index contributed by atoms with van der Waals surface area (Å²) in [7, 11) is 0. The van der Waals surface area contributed by atoms with Crippen LogP contribution in [0.2, 0.25) is 0 Å². The normalized spacial score (nSPS) is 16.9. The maximum atomic E-state index is 5.49. The maximum Gasteiger partial charge on any atom is 0.117 e. The quantitative estimate of drug-likeness (QED) is 0.569. The molecule has 54 valence electrons. The summed E-state index contributed by atoms with van der Waals surface area (Å²) >= 11 is 1.96. The van der Waals surface area contributed by atoms with E-state index in [1.165, 1.54) is 23.5 Å². The van der Waals surface area contributed by atoms with Crippen LogP contribution in [-0.4, -0.2) is 5.75 Å². The first-order chi connectivity index (χ1) is 4.86. The third-order valence-corrected chi connectivity index (χ3v) is 2.73. The predicted molar refractivity (Wildman–Crippen MR) is 43.3 cm³/mol. The van der Waals surface area contributed by atoms with E-state index in [1.807, 2.05) is 18.7 Å². The van der Waals surface area contributed by atoms with Crippen LogP contribution in [0.3, 0.4) is 0 Å². The lowest BCUT2D eigenvalue weighted by Gasteiger charge is -2.07. The van der Waals surface area contributed by atoms with Crippen LogP contribution in [-0.2, 0) is 12.2 Å². The highest BCUT2D eigenvalue weighted by Gasteiger charge is 2.12. The summed E-state index contributed by atoms with van der Waals surface area (Å²) in [6, 6.07) is 2.16. The number of hydrogen-bond donors (Lipinski definition) is 0. The van der Waals surface area contributed by atoms with E-state index in [-0.39, 0.29) is 0 Å². The van der Waals surface area contributed by atoms with Crippen molar-refractivity contribution in [3.8, 4) is 0 Å². The van der Waals surface area contributed by atoms with Crippen molar-refractivity contribution in [1.82, 2.24) is 0 Å². The van der Waals surface area contributed by atoms with Crippen LogP contribution >= 0.6 is 11.8 Å². The topological polar surface area (TPSA) is 13.1 Å². The summed E-state index contributed by atoms with van der Waals surface area (Å²) in [5, 5.41) is 0. The molecule has 0 aliphatic carbocycles. The average Bonchev–Trinajstić information content (AvgIpc) is 2.27. The van der Waals surface area contributed by atoms with Crippen molar-refractivity contribution in [3.05, 3.63) is 23.2 Å². The van der Waals surface area contributed by atoms with Crippen LogP contribution in [0.15, 0.2) is 10.5 Å². The fourth-order valence-electron chi connectivity index (χ4n) is 1.30. The van der Waals surface area contributed by atoms with E-state index >= 15 is 0 Å². The van der Waals surface area contributed by atoms with E-state index in [0.717, 1.165) is 11.5 Å². The molecular weight excluding hydrogens is 144 g/mol. The van der Waals surface area contributed by atoms with Crippen molar-refractivity contribution in [2.45, 2.75) is 19.1 Å². The van der Waals surface area contributed by atoms with Crippen LogP contribution in [0.1, 0.15) is 17.1 Å². The van der Waals surface area contributed by atoms with Gasteiger partial charge in [0.1, 0.15) is 11.5 Å². The fraction of sp³-hybridized carbons (Fsp3) is 0.500. The second-order valence-corrected chi connectivity index (χ2v) is 3.71. The first kappa shape index (κ1) is 6.35. The van der Waals surface area contributed by atoms with Gasteiger partial charge in [0.05, 0.1) is 5.75 Å². The zero-order chi connectivity index (χ0) is 6.97. The smallest absolute Gasteiger partial charge is 0.117 e. The van der Waals surface area contributed by atoms with Gasteiger partial charge < -0.3 is 4.42 Å². The van der Waals surface area contributed by atoms with Gasteiger partial charge in [-0.3, -0.25) is 0 Å². The minimum absolute atomic E-state index is 1.06. The number of furan rings is 1. The van der Waals surface area contributed by atoms with Crippen molar-refractivity contribution in [2.24, 2.45) is 0 Å². The van der Waals surface area contributed by atoms with Crippen molar-refractivity contribution in [1.29, 1.82) is 0 Å². The molecule has 0 atom stereocenters. The highest BCUT2D eigenvalue weighted by atomic mass is 32.2. The fourth-order valence-corrected chi connectivity index (χ4v) is 2.23. The van der Waals surface area contributed by atoms with Gasteiger partial charge in [-0.25, -0.2) is 0 Å². The predicted octanol–water partition coefficient (Wildman–Crippen LogP) is 2.38. The van der Waals surface area contributed by atoms with Crippen LogP contribution in [0.4, 0.5) is 0 Å². The van der Waals surface area contributed by atoms with Crippen LogP contribution < -0.4 is 0 Å². The molecule has 0 amide bonds. The molecule has 0 bridgehead atoms. The maximum absolute atomic E-state index is 5.49. The number of aryl methyl sites for hydroxylation is 2. The van der Waals surface area contributed by atoms with Crippen molar-refractivity contribution in [2.75, 3.05) is 5.75 Å². The Hall–Kier alpha value is -0.370. The highest BCUT2D eigenvalue weighted by Crippen LogP contribution is 2.26. The second kappa shape index (κ2) is 2.35. The molecule has 0 N–H and O–H groups in total. The Balaban J connectivity index is 2.41. The van der Waals surface area contributed by atoms with Crippen molar-refractivity contribution in [3.63, 3.8) is 0 Å². The molecule has 0 saturated heterocycles. The Morgan fingerprint density at radius 1 is 1.60 bits per heavy atom. The van der Waals surface area contributed by atoms with E-state index < -0.39 is 0 Å². The van der Waals surface area contributed by atoms with Gasteiger partial charge in [0.25, 0.3) is 0 Å². The summed E-state index contributed by atoms with van der Waals surface area (Å²) in [6.45, 7) is 2.02. The van der Waals surface area contributed by atoms with Crippen LogP contribution in [0, 0.1) is 6.92 Å². The molecule has 1 aromatic rings. The molecule has 1 aliphatic rings. The minimum Gasteiger partial charge on any atom is -0.465 e. The van der Waals surface area contributed by atoms with E-state index in [0.29, 0.717) is 0 Å². The zero-order valence-corrected chi connectivity index (χ0v) is 6.83. The number of hydrogen-bond acceptors (Lipinski definition) is 2. The molecule has 2 heteroatoms. The molecule has 1 nitrogen and oxygen atoms in total. The minimum atomic E-state index is 1.06. The van der Waals surface area contributed by atoms with Crippen molar-refractivity contribution < 1.29 is 4.42 Å². The van der Waals surface area contributed by atoms with Gasteiger partial charge >= 0.3 is 0 Å². The third kappa shape index (κ3) is 0.966. The summed E-state index contributed by atoms with van der Waals surface area (Å²) in [4.78, 5) is 0. The third-order valence-electron chi connectivity index (χ3n) is 1.77. The van der Waals surface area contributed by atoms with Crippen molar-refractivity contribution >= 4 is 11.8 Å². The highest BCUT2D eigenvalue weighted by molar-refractivity contribution is 7.98. The summed E-state index contributed by atoms with van der Waals surface area (Å²) in [5.74, 6) is 4.59.